The van der Waals surface area contributed by atoms with Crippen molar-refractivity contribution in [1.29, 1.82) is 0 Å². The van der Waals surface area contributed by atoms with Gasteiger partial charge >= 0.3 is 11.2 Å². The number of nitro groups is 2. The molecule has 0 aliphatic heterocycles. The second kappa shape index (κ2) is 7.02. The van der Waals surface area contributed by atoms with Crippen molar-refractivity contribution in [3.05, 3.63) is 122 Å². The van der Waals surface area contributed by atoms with Gasteiger partial charge in [-0.2, -0.15) is 0 Å². The van der Waals surface area contributed by atoms with Crippen molar-refractivity contribution in [3.8, 4) is 0 Å². The van der Waals surface area contributed by atoms with Crippen LogP contribution in [0.3, 0.4) is 0 Å². The molecule has 0 bridgehead atoms. The average molecular weight is 410 g/mol. The van der Waals surface area contributed by atoms with E-state index < -0.39 is 21.3 Å². The first-order chi connectivity index (χ1) is 15.0. The summed E-state index contributed by atoms with van der Waals surface area (Å²) in [6, 6.07) is 26.3. The molecule has 0 aromatic heterocycles. The van der Waals surface area contributed by atoms with Crippen molar-refractivity contribution in [2.24, 2.45) is 0 Å². The molecule has 0 amide bonds. The van der Waals surface area contributed by atoms with Gasteiger partial charge in [-0.3, -0.25) is 20.2 Å². The molecule has 1 saturated carbocycles. The normalized spacial score (nSPS) is 20.6. The molecule has 0 radical (unpaired) electrons. The van der Waals surface area contributed by atoms with Crippen molar-refractivity contribution in [3.63, 3.8) is 0 Å². The number of rotatable bonds is 5. The molecule has 5 rings (SSSR count). The Morgan fingerprint density at radius 3 is 2.06 bits per heavy atom. The Bertz CT molecular complexity index is 1380. The van der Waals surface area contributed by atoms with Gasteiger partial charge in [0.25, 0.3) is 0 Å². The summed E-state index contributed by atoms with van der Waals surface area (Å²) in [5.41, 5.74) is -0.730. The van der Waals surface area contributed by atoms with E-state index in [0.29, 0.717) is 5.56 Å². The lowest BCUT2D eigenvalue weighted by molar-refractivity contribution is -0.569. The summed E-state index contributed by atoms with van der Waals surface area (Å²) in [4.78, 5) is 23.3. The third kappa shape index (κ3) is 2.95. The Labute approximate surface area is 177 Å². The fraction of sp³-hybridized carbons (Fsp3) is 0.120. The molecular weight excluding hydrogens is 392 g/mol. The fourth-order valence-corrected chi connectivity index (χ4v) is 4.61. The van der Waals surface area contributed by atoms with Gasteiger partial charge < -0.3 is 0 Å². The molecule has 4 aromatic rings. The van der Waals surface area contributed by atoms with Crippen molar-refractivity contribution < 1.29 is 9.85 Å². The zero-order valence-electron chi connectivity index (χ0n) is 16.5. The zero-order valence-corrected chi connectivity index (χ0v) is 16.5. The largest absolute Gasteiger partial charge is 0.323 e. The van der Waals surface area contributed by atoms with E-state index >= 15 is 0 Å². The molecule has 1 aliphatic rings. The Morgan fingerprint density at radius 1 is 0.806 bits per heavy atom. The van der Waals surface area contributed by atoms with Crippen LogP contribution < -0.4 is 0 Å². The highest BCUT2D eigenvalue weighted by Crippen LogP contribution is 2.59. The Balaban J connectivity index is 1.68. The van der Waals surface area contributed by atoms with Gasteiger partial charge in [0.2, 0.25) is 0 Å². The van der Waals surface area contributed by atoms with Crippen molar-refractivity contribution >= 4 is 27.6 Å². The van der Waals surface area contributed by atoms with E-state index in [9.17, 15) is 20.2 Å². The van der Waals surface area contributed by atoms with Crippen LogP contribution in [-0.4, -0.2) is 15.4 Å². The lowest BCUT2D eigenvalue weighted by Gasteiger charge is -2.10. The molecule has 152 valence electrons. The van der Waals surface area contributed by atoms with Crippen LogP contribution in [0, 0.1) is 20.2 Å². The quantitative estimate of drug-likeness (QED) is 0.307. The first-order valence-electron chi connectivity index (χ1n) is 9.99. The molecule has 2 atom stereocenters. The highest BCUT2D eigenvalue weighted by atomic mass is 16.6. The number of fused-ring (bicyclic) bond motifs is 2. The van der Waals surface area contributed by atoms with Gasteiger partial charge in [0.05, 0.1) is 10.8 Å². The van der Waals surface area contributed by atoms with Crippen LogP contribution in [0.4, 0.5) is 0 Å². The first-order valence-corrected chi connectivity index (χ1v) is 9.99. The van der Waals surface area contributed by atoms with Crippen molar-refractivity contribution in [1.82, 2.24) is 0 Å². The van der Waals surface area contributed by atoms with Gasteiger partial charge in [-0.15, -0.1) is 0 Å². The van der Waals surface area contributed by atoms with Crippen LogP contribution in [0.5, 0.6) is 0 Å². The molecule has 0 N–H and O–H groups in total. The van der Waals surface area contributed by atoms with Gasteiger partial charge in [-0.05, 0) is 32.7 Å². The SMILES string of the molecule is O=[N+]([O-])/C(=C/c1cccc2ccccc12)C1([N+](=O)[O-])CC1c1cccc2ccccc12. The summed E-state index contributed by atoms with van der Waals surface area (Å²) in [6.45, 7) is 0. The van der Waals surface area contributed by atoms with Gasteiger partial charge in [-0.25, -0.2) is 0 Å². The maximum absolute atomic E-state index is 12.3. The molecule has 6 nitrogen and oxygen atoms in total. The highest BCUT2D eigenvalue weighted by molar-refractivity contribution is 5.91. The Morgan fingerprint density at radius 2 is 1.39 bits per heavy atom. The summed E-state index contributed by atoms with van der Waals surface area (Å²) >= 11 is 0. The summed E-state index contributed by atoms with van der Waals surface area (Å²) in [6.07, 6.45) is 1.49. The van der Waals surface area contributed by atoms with E-state index in [1.165, 1.54) is 6.08 Å². The molecule has 6 heteroatoms. The van der Waals surface area contributed by atoms with Gasteiger partial charge in [-0.1, -0.05) is 84.9 Å². The number of nitrogens with zero attached hydrogens (tertiary/aromatic N) is 2. The highest BCUT2D eigenvalue weighted by Gasteiger charge is 2.75. The van der Waals surface area contributed by atoms with E-state index in [1.54, 1.807) is 12.1 Å². The molecule has 0 heterocycles. The van der Waals surface area contributed by atoms with Gasteiger partial charge in [0, 0.05) is 17.4 Å². The molecule has 0 saturated heterocycles. The minimum Gasteiger partial charge on any atom is -0.263 e. The molecule has 4 aromatic carbocycles. The van der Waals surface area contributed by atoms with Crippen molar-refractivity contribution in [2.45, 2.75) is 17.9 Å². The lowest BCUT2D eigenvalue weighted by atomic mass is 9.96. The summed E-state index contributed by atoms with van der Waals surface area (Å²) in [5.74, 6) is -0.555. The van der Waals surface area contributed by atoms with E-state index in [-0.39, 0.29) is 12.1 Å². The maximum atomic E-state index is 12.3. The standard InChI is InChI=1S/C25H18N2O4/c28-26(29)24(15-19-11-5-9-17-7-1-3-12-20(17)19)25(27(30)31)16-23(25)22-14-6-10-18-8-2-4-13-21(18)22/h1-15,23H,16H2/b24-15+. The summed E-state index contributed by atoms with van der Waals surface area (Å²) < 4.78 is 0. The lowest BCUT2D eigenvalue weighted by Crippen LogP contribution is -2.30. The van der Waals surface area contributed by atoms with E-state index in [2.05, 4.69) is 0 Å². The van der Waals surface area contributed by atoms with Crippen LogP contribution in [0.15, 0.2) is 90.6 Å². The van der Waals surface area contributed by atoms with Crippen LogP contribution in [0.2, 0.25) is 0 Å². The van der Waals surface area contributed by atoms with E-state index in [4.69, 9.17) is 0 Å². The van der Waals surface area contributed by atoms with Crippen molar-refractivity contribution in [2.75, 3.05) is 0 Å². The number of benzene rings is 4. The van der Waals surface area contributed by atoms with Crippen LogP contribution in [0.25, 0.3) is 27.6 Å². The maximum Gasteiger partial charge on any atom is 0.323 e. The van der Waals surface area contributed by atoms with Gasteiger partial charge in [0.15, 0.2) is 0 Å². The zero-order chi connectivity index (χ0) is 21.6. The minimum atomic E-state index is -1.75. The Hall–Kier alpha value is -4.06. The summed E-state index contributed by atoms with van der Waals surface area (Å²) in [5, 5.41) is 28.0. The third-order valence-electron chi connectivity index (χ3n) is 6.21. The molecule has 2 unspecified atom stereocenters. The molecule has 31 heavy (non-hydrogen) atoms. The van der Waals surface area contributed by atoms with Gasteiger partial charge in [0.1, 0.15) is 0 Å². The predicted molar refractivity (Wildman–Crippen MR) is 120 cm³/mol. The average Bonchev–Trinajstić information content (AvgIpc) is 3.53. The molecule has 0 spiro atoms. The molecule has 1 fully saturated rings. The van der Waals surface area contributed by atoms with Crippen LogP contribution in [0.1, 0.15) is 23.5 Å². The minimum absolute atomic E-state index is 0.103. The van der Waals surface area contributed by atoms with E-state index in [1.807, 2.05) is 72.8 Å². The second-order valence-electron chi connectivity index (χ2n) is 7.86. The molecular formula is C25H18N2O4. The van der Waals surface area contributed by atoms with Crippen LogP contribution >= 0.6 is 0 Å². The monoisotopic (exact) mass is 410 g/mol. The number of hydrogen-bond acceptors (Lipinski definition) is 4. The predicted octanol–water partition coefficient (Wildman–Crippen LogP) is 5.81. The number of hydrogen-bond donors (Lipinski definition) is 0. The molecule has 1 aliphatic carbocycles. The second-order valence-corrected chi connectivity index (χ2v) is 7.86. The van der Waals surface area contributed by atoms with Crippen LogP contribution in [-0.2, 0) is 0 Å². The Kier molecular flexibility index (Phi) is 4.29. The third-order valence-corrected chi connectivity index (χ3v) is 6.21. The van der Waals surface area contributed by atoms with E-state index in [0.717, 1.165) is 27.1 Å². The topological polar surface area (TPSA) is 86.3 Å². The summed E-state index contributed by atoms with van der Waals surface area (Å²) in [7, 11) is 0. The smallest absolute Gasteiger partial charge is 0.263 e. The first kappa shape index (κ1) is 18.9. The fourth-order valence-electron chi connectivity index (χ4n) is 4.61.